The largest absolute Gasteiger partial charge is 0.341 e. The third-order valence-corrected chi connectivity index (χ3v) is 5.22. The van der Waals surface area contributed by atoms with Gasteiger partial charge in [-0.25, -0.2) is 0 Å². The molecular formula is C13H25N2+. The fourth-order valence-corrected chi connectivity index (χ4v) is 4.61. The molecule has 86 valence electrons. The zero-order valence-corrected chi connectivity index (χ0v) is 10.2. The monoisotopic (exact) mass is 209 g/mol. The van der Waals surface area contributed by atoms with Crippen LogP contribution in [0.3, 0.4) is 0 Å². The quantitative estimate of drug-likeness (QED) is 0.626. The topological polar surface area (TPSA) is 19.9 Å². The summed E-state index contributed by atoms with van der Waals surface area (Å²) >= 11 is 0. The van der Waals surface area contributed by atoms with E-state index in [-0.39, 0.29) is 0 Å². The van der Waals surface area contributed by atoms with Gasteiger partial charge in [0.25, 0.3) is 0 Å². The molecule has 1 saturated carbocycles. The molecule has 5 unspecified atom stereocenters. The number of rotatable bonds is 0. The fourth-order valence-electron chi connectivity index (χ4n) is 4.61. The van der Waals surface area contributed by atoms with Crippen LogP contribution in [0.1, 0.15) is 39.0 Å². The van der Waals surface area contributed by atoms with Crippen LogP contribution in [0.2, 0.25) is 0 Å². The summed E-state index contributed by atoms with van der Waals surface area (Å²) in [5, 5.41) is 2.66. The number of hydrogen-bond acceptors (Lipinski definition) is 1. The Balaban J connectivity index is 1.78. The molecule has 1 aliphatic carbocycles. The van der Waals surface area contributed by atoms with Gasteiger partial charge in [0.15, 0.2) is 0 Å². The van der Waals surface area contributed by atoms with Gasteiger partial charge < -0.3 is 10.2 Å². The molecule has 2 nitrogen and oxygen atoms in total. The second-order valence-corrected chi connectivity index (χ2v) is 6.16. The maximum atomic E-state index is 2.66. The molecule has 3 aliphatic rings. The van der Waals surface area contributed by atoms with E-state index in [9.17, 15) is 0 Å². The average Bonchev–Trinajstić information content (AvgIpc) is 2.59. The van der Waals surface area contributed by atoms with Gasteiger partial charge in [0.05, 0.1) is 12.1 Å². The Labute approximate surface area is 93.4 Å². The summed E-state index contributed by atoms with van der Waals surface area (Å²) in [4.78, 5) is 2.65. The second-order valence-electron chi connectivity index (χ2n) is 6.16. The molecule has 0 aromatic heterocycles. The Morgan fingerprint density at radius 3 is 2.87 bits per heavy atom. The lowest BCUT2D eigenvalue weighted by Crippen LogP contribution is -2.92. The first-order valence-electron chi connectivity index (χ1n) is 6.81. The van der Waals surface area contributed by atoms with Gasteiger partial charge in [-0.15, -0.1) is 0 Å². The minimum Gasteiger partial charge on any atom is -0.341 e. The SMILES string of the molecule is CC1CC2C(CCC3C2CCCN3C)[NH2+]1. The second kappa shape index (κ2) is 3.74. The summed E-state index contributed by atoms with van der Waals surface area (Å²) in [5.41, 5.74) is 0. The average molecular weight is 209 g/mol. The van der Waals surface area contributed by atoms with Crippen LogP contribution in [0.4, 0.5) is 0 Å². The molecule has 2 heterocycles. The van der Waals surface area contributed by atoms with Crippen molar-refractivity contribution in [1.29, 1.82) is 0 Å². The van der Waals surface area contributed by atoms with Crippen LogP contribution in [-0.4, -0.2) is 36.6 Å². The maximum Gasteiger partial charge on any atom is 0.0895 e. The van der Waals surface area contributed by atoms with Crippen molar-refractivity contribution in [1.82, 2.24) is 4.90 Å². The predicted molar refractivity (Wildman–Crippen MR) is 61.7 cm³/mol. The highest BCUT2D eigenvalue weighted by Crippen LogP contribution is 2.41. The number of likely N-dealkylation sites (tertiary alicyclic amines) is 1. The van der Waals surface area contributed by atoms with Crippen molar-refractivity contribution in [2.45, 2.75) is 57.2 Å². The number of nitrogens with zero attached hydrogens (tertiary/aromatic N) is 1. The van der Waals surface area contributed by atoms with E-state index in [4.69, 9.17) is 0 Å². The highest BCUT2D eigenvalue weighted by Gasteiger charge is 2.48. The molecule has 0 bridgehead atoms. The van der Waals surface area contributed by atoms with E-state index in [2.05, 4.69) is 24.2 Å². The van der Waals surface area contributed by atoms with Gasteiger partial charge in [-0.05, 0) is 45.7 Å². The smallest absolute Gasteiger partial charge is 0.0895 e. The van der Waals surface area contributed by atoms with E-state index in [1.807, 2.05) is 0 Å². The van der Waals surface area contributed by atoms with E-state index in [0.717, 1.165) is 30.0 Å². The summed E-state index contributed by atoms with van der Waals surface area (Å²) in [6, 6.07) is 2.80. The summed E-state index contributed by atoms with van der Waals surface area (Å²) in [7, 11) is 2.35. The Bertz CT molecular complexity index is 241. The first-order valence-corrected chi connectivity index (χ1v) is 6.81. The molecule has 0 aromatic rings. The lowest BCUT2D eigenvalue weighted by Gasteiger charge is -2.46. The summed E-state index contributed by atoms with van der Waals surface area (Å²) in [5.74, 6) is 2.07. The van der Waals surface area contributed by atoms with Crippen LogP contribution in [0.25, 0.3) is 0 Å². The zero-order chi connectivity index (χ0) is 10.4. The summed E-state index contributed by atoms with van der Waals surface area (Å²) < 4.78 is 0. The predicted octanol–water partition coefficient (Wildman–Crippen LogP) is 0.831. The maximum absolute atomic E-state index is 2.66. The van der Waals surface area contributed by atoms with Gasteiger partial charge >= 0.3 is 0 Å². The molecular weight excluding hydrogens is 184 g/mol. The molecule has 2 aliphatic heterocycles. The molecule has 2 saturated heterocycles. The minimum absolute atomic E-state index is 0.894. The number of quaternary nitrogens is 1. The van der Waals surface area contributed by atoms with Crippen LogP contribution in [0.5, 0.6) is 0 Å². The third-order valence-electron chi connectivity index (χ3n) is 5.22. The fraction of sp³-hybridized carbons (Fsp3) is 1.00. The first-order chi connectivity index (χ1) is 7.25. The van der Waals surface area contributed by atoms with Crippen LogP contribution >= 0.6 is 0 Å². The van der Waals surface area contributed by atoms with E-state index in [1.165, 1.54) is 38.6 Å². The Morgan fingerprint density at radius 2 is 2.00 bits per heavy atom. The van der Waals surface area contributed by atoms with Gasteiger partial charge in [-0.1, -0.05) is 0 Å². The Morgan fingerprint density at radius 1 is 1.13 bits per heavy atom. The number of piperidine rings is 1. The van der Waals surface area contributed by atoms with Crippen LogP contribution in [0.15, 0.2) is 0 Å². The zero-order valence-electron chi connectivity index (χ0n) is 10.2. The highest BCUT2D eigenvalue weighted by molar-refractivity contribution is 4.96. The van der Waals surface area contributed by atoms with Crippen molar-refractivity contribution in [3.63, 3.8) is 0 Å². The molecule has 3 fully saturated rings. The molecule has 15 heavy (non-hydrogen) atoms. The normalized spacial score (nSPS) is 51.2. The van der Waals surface area contributed by atoms with Crippen molar-refractivity contribution >= 4 is 0 Å². The highest BCUT2D eigenvalue weighted by atomic mass is 15.2. The Hall–Kier alpha value is -0.0800. The molecule has 2 heteroatoms. The van der Waals surface area contributed by atoms with Crippen LogP contribution in [0, 0.1) is 11.8 Å². The molecule has 0 aromatic carbocycles. The molecule has 0 spiro atoms. The summed E-state index contributed by atoms with van der Waals surface area (Å²) in [6.07, 6.45) is 7.37. The lowest BCUT2D eigenvalue weighted by atomic mass is 9.69. The van der Waals surface area contributed by atoms with Gasteiger partial charge in [0.2, 0.25) is 0 Å². The van der Waals surface area contributed by atoms with Crippen molar-refractivity contribution < 1.29 is 5.32 Å². The number of hydrogen-bond donors (Lipinski definition) is 1. The van der Waals surface area contributed by atoms with E-state index in [0.29, 0.717) is 0 Å². The van der Waals surface area contributed by atoms with E-state index in [1.54, 1.807) is 0 Å². The number of nitrogens with two attached hydrogens (primary N) is 1. The standard InChI is InChI=1S/C13H24N2/c1-9-8-11-10-4-3-7-15(2)13(10)6-5-12(11)14-9/h9-14H,3-8H2,1-2H3/p+1. The van der Waals surface area contributed by atoms with Gasteiger partial charge in [0, 0.05) is 24.8 Å². The molecule has 0 radical (unpaired) electrons. The van der Waals surface area contributed by atoms with Gasteiger partial charge in [0.1, 0.15) is 0 Å². The van der Waals surface area contributed by atoms with Crippen LogP contribution in [-0.2, 0) is 0 Å². The lowest BCUT2D eigenvalue weighted by molar-refractivity contribution is -0.703. The van der Waals surface area contributed by atoms with E-state index >= 15 is 0 Å². The van der Waals surface area contributed by atoms with Crippen molar-refractivity contribution in [3.8, 4) is 0 Å². The van der Waals surface area contributed by atoms with Crippen molar-refractivity contribution in [2.75, 3.05) is 13.6 Å². The van der Waals surface area contributed by atoms with E-state index < -0.39 is 0 Å². The van der Waals surface area contributed by atoms with Crippen molar-refractivity contribution in [2.24, 2.45) is 11.8 Å². The van der Waals surface area contributed by atoms with Gasteiger partial charge in [-0.2, -0.15) is 0 Å². The molecule has 5 atom stereocenters. The Kier molecular flexibility index (Phi) is 2.52. The third kappa shape index (κ3) is 1.62. The molecule has 0 amide bonds. The van der Waals surface area contributed by atoms with Crippen LogP contribution < -0.4 is 5.32 Å². The molecule has 3 rings (SSSR count). The first kappa shape index (κ1) is 10.1. The van der Waals surface area contributed by atoms with Gasteiger partial charge in [-0.3, -0.25) is 0 Å². The molecule has 2 N–H and O–H groups in total. The minimum atomic E-state index is 0.894. The number of fused-ring (bicyclic) bond motifs is 3. The van der Waals surface area contributed by atoms with Crippen molar-refractivity contribution in [3.05, 3.63) is 0 Å². The summed E-state index contributed by atoms with van der Waals surface area (Å²) in [6.45, 7) is 3.76.